The molecule has 1 heterocycles. The highest BCUT2D eigenvalue weighted by Crippen LogP contribution is 2.61. The van der Waals surface area contributed by atoms with E-state index in [-0.39, 0.29) is 18.6 Å². The third-order valence-electron chi connectivity index (χ3n) is 3.77. The smallest absolute Gasteiger partial charge is 0.339 e. The Balaban J connectivity index is 2.48. The highest BCUT2D eigenvalue weighted by Gasteiger charge is 2.48. The fraction of sp³-hybridized carbons (Fsp3) is 0.357. The summed E-state index contributed by atoms with van der Waals surface area (Å²) in [5.41, 5.74) is 1.44. The van der Waals surface area contributed by atoms with Crippen LogP contribution in [0.5, 0.6) is 0 Å². The number of benzene rings is 1. The lowest BCUT2D eigenvalue weighted by molar-refractivity contribution is 0.270. The summed E-state index contributed by atoms with van der Waals surface area (Å²) in [5.74, 6) is 0.245. The number of nitrogens with zero attached hydrogens (tertiary/aromatic N) is 1. The Bertz CT molecular complexity index is 613. The van der Waals surface area contributed by atoms with Crippen molar-refractivity contribution in [3.8, 4) is 11.3 Å². The van der Waals surface area contributed by atoms with Crippen molar-refractivity contribution >= 4 is 7.60 Å². The van der Waals surface area contributed by atoms with Gasteiger partial charge in [0.05, 0.1) is 0 Å². The quantitative estimate of drug-likeness (QED) is 0.824. The second-order valence-corrected chi connectivity index (χ2v) is 6.67. The average Bonchev–Trinajstić information content (AvgIpc) is 2.90. The van der Waals surface area contributed by atoms with Gasteiger partial charge in [0.25, 0.3) is 0 Å². The van der Waals surface area contributed by atoms with Crippen LogP contribution in [0.3, 0.4) is 0 Å². The summed E-state index contributed by atoms with van der Waals surface area (Å²) in [4.78, 5) is 19.4. The van der Waals surface area contributed by atoms with Crippen molar-refractivity contribution < 1.29 is 18.9 Å². The van der Waals surface area contributed by atoms with E-state index in [1.54, 1.807) is 19.9 Å². The maximum atomic E-state index is 11.9. The number of aromatic nitrogens is 1. The zero-order chi connectivity index (χ0) is 14.8. The Kier molecular flexibility index (Phi) is 4.14. The summed E-state index contributed by atoms with van der Waals surface area (Å²) < 4.78 is 17.1. The van der Waals surface area contributed by atoms with Crippen LogP contribution in [-0.4, -0.2) is 14.9 Å². The van der Waals surface area contributed by atoms with E-state index >= 15 is 0 Å². The summed E-state index contributed by atoms with van der Waals surface area (Å²) in [7, 11) is -4.34. The molecule has 0 unspecified atom stereocenters. The Morgan fingerprint density at radius 2 is 1.80 bits per heavy atom. The van der Waals surface area contributed by atoms with Crippen molar-refractivity contribution in [1.82, 2.24) is 5.16 Å². The standard InChI is InChI=1S/C14H18NO4P/c1-3-14(4-2,20(16,17)18)13-10-12(15-19-13)11-8-6-5-7-9-11/h5-10H,3-4H2,1-2H3,(H2,16,17,18). The van der Waals surface area contributed by atoms with Gasteiger partial charge in [-0.15, -0.1) is 0 Å². The van der Waals surface area contributed by atoms with E-state index in [1.807, 2.05) is 30.3 Å². The molecule has 6 heteroatoms. The van der Waals surface area contributed by atoms with Crippen molar-refractivity contribution in [2.75, 3.05) is 0 Å². The molecule has 0 radical (unpaired) electrons. The molecule has 5 nitrogen and oxygen atoms in total. The van der Waals surface area contributed by atoms with Gasteiger partial charge in [-0.1, -0.05) is 49.3 Å². The predicted molar refractivity (Wildman–Crippen MR) is 76.2 cm³/mol. The molecule has 0 spiro atoms. The highest BCUT2D eigenvalue weighted by atomic mass is 31.2. The van der Waals surface area contributed by atoms with Crippen molar-refractivity contribution in [3.63, 3.8) is 0 Å². The first-order valence-corrected chi connectivity index (χ1v) is 8.14. The van der Waals surface area contributed by atoms with E-state index in [1.165, 1.54) is 0 Å². The summed E-state index contributed by atoms with van der Waals surface area (Å²) in [6.07, 6.45) is 0.578. The maximum Gasteiger partial charge on any atom is 0.339 e. The van der Waals surface area contributed by atoms with Crippen LogP contribution in [-0.2, 0) is 9.72 Å². The predicted octanol–water partition coefficient (Wildman–Crippen LogP) is 3.53. The molecule has 1 aromatic carbocycles. The van der Waals surface area contributed by atoms with E-state index in [2.05, 4.69) is 5.16 Å². The van der Waals surface area contributed by atoms with Crippen molar-refractivity contribution in [2.45, 2.75) is 31.8 Å². The largest absolute Gasteiger partial charge is 0.359 e. The molecule has 0 aliphatic heterocycles. The summed E-state index contributed by atoms with van der Waals surface area (Å²) >= 11 is 0. The van der Waals surface area contributed by atoms with Gasteiger partial charge < -0.3 is 14.3 Å². The Morgan fingerprint density at radius 1 is 1.20 bits per heavy atom. The lowest BCUT2D eigenvalue weighted by Crippen LogP contribution is -2.23. The van der Waals surface area contributed by atoms with Gasteiger partial charge in [0.1, 0.15) is 10.9 Å². The number of rotatable bonds is 5. The molecule has 0 atom stereocenters. The van der Waals surface area contributed by atoms with Crippen LogP contribution in [0.2, 0.25) is 0 Å². The molecule has 0 aliphatic rings. The van der Waals surface area contributed by atoms with Gasteiger partial charge in [0.15, 0.2) is 5.76 Å². The van der Waals surface area contributed by atoms with Crippen LogP contribution in [0.15, 0.2) is 40.9 Å². The minimum Gasteiger partial charge on any atom is -0.359 e. The van der Waals surface area contributed by atoms with Crippen LogP contribution >= 0.6 is 7.60 Å². The lowest BCUT2D eigenvalue weighted by Gasteiger charge is -2.29. The number of hydrogen-bond donors (Lipinski definition) is 2. The van der Waals surface area contributed by atoms with Crippen molar-refractivity contribution in [1.29, 1.82) is 0 Å². The molecule has 20 heavy (non-hydrogen) atoms. The molecule has 0 aliphatic carbocycles. The SMILES string of the molecule is CCC(CC)(c1cc(-c2ccccc2)no1)P(=O)(O)O. The first-order chi connectivity index (χ1) is 9.44. The second-order valence-electron chi connectivity index (χ2n) is 4.73. The molecule has 0 bridgehead atoms. The molecule has 0 fully saturated rings. The maximum absolute atomic E-state index is 11.9. The van der Waals surface area contributed by atoms with Crippen LogP contribution in [0.4, 0.5) is 0 Å². The van der Waals surface area contributed by atoms with Crippen molar-refractivity contribution in [3.05, 3.63) is 42.2 Å². The van der Waals surface area contributed by atoms with Gasteiger partial charge in [-0.3, -0.25) is 4.57 Å². The van der Waals surface area contributed by atoms with Gasteiger partial charge in [-0.05, 0) is 12.8 Å². The average molecular weight is 295 g/mol. The Hall–Kier alpha value is -1.42. The molecule has 1 aromatic heterocycles. The van der Waals surface area contributed by atoms with Crippen LogP contribution in [0, 0.1) is 0 Å². The van der Waals surface area contributed by atoms with Gasteiger partial charge in [-0.25, -0.2) is 0 Å². The van der Waals surface area contributed by atoms with E-state index < -0.39 is 12.8 Å². The minimum atomic E-state index is -4.34. The monoisotopic (exact) mass is 295 g/mol. The summed E-state index contributed by atoms with van der Waals surface area (Å²) in [6.45, 7) is 3.49. The third-order valence-corrected chi connectivity index (χ3v) is 5.73. The fourth-order valence-electron chi connectivity index (χ4n) is 2.39. The van der Waals surface area contributed by atoms with Gasteiger partial charge >= 0.3 is 7.60 Å². The van der Waals surface area contributed by atoms with Crippen LogP contribution in [0.25, 0.3) is 11.3 Å². The van der Waals surface area contributed by atoms with E-state index in [0.29, 0.717) is 5.69 Å². The Labute approximate surface area is 117 Å². The third kappa shape index (κ3) is 2.44. The molecule has 0 amide bonds. The van der Waals surface area contributed by atoms with Gasteiger partial charge in [0.2, 0.25) is 0 Å². The molecule has 2 rings (SSSR count). The molecular formula is C14H18NO4P. The van der Waals surface area contributed by atoms with E-state index in [4.69, 9.17) is 4.52 Å². The zero-order valence-electron chi connectivity index (χ0n) is 11.5. The Morgan fingerprint density at radius 3 is 2.30 bits per heavy atom. The molecule has 0 saturated heterocycles. The fourth-order valence-corrected chi connectivity index (χ4v) is 3.61. The molecule has 2 N–H and O–H groups in total. The first-order valence-electron chi connectivity index (χ1n) is 6.53. The zero-order valence-corrected chi connectivity index (χ0v) is 12.4. The van der Waals surface area contributed by atoms with E-state index in [0.717, 1.165) is 5.56 Å². The number of hydrogen-bond acceptors (Lipinski definition) is 3. The van der Waals surface area contributed by atoms with Crippen molar-refractivity contribution in [2.24, 2.45) is 0 Å². The van der Waals surface area contributed by atoms with E-state index in [9.17, 15) is 14.4 Å². The normalized spacial score (nSPS) is 12.6. The summed E-state index contributed by atoms with van der Waals surface area (Å²) in [6, 6.07) is 11.0. The molecule has 108 valence electrons. The van der Waals surface area contributed by atoms with Crippen LogP contribution in [0.1, 0.15) is 32.4 Å². The minimum absolute atomic E-state index is 0.245. The highest BCUT2D eigenvalue weighted by molar-refractivity contribution is 7.53. The molecule has 0 saturated carbocycles. The van der Waals surface area contributed by atoms with Gasteiger partial charge in [-0.2, -0.15) is 0 Å². The second kappa shape index (κ2) is 5.52. The molecular weight excluding hydrogens is 277 g/mol. The summed E-state index contributed by atoms with van der Waals surface area (Å²) in [5, 5.41) is 2.64. The molecule has 2 aromatic rings. The lowest BCUT2D eigenvalue weighted by atomic mass is 9.98. The van der Waals surface area contributed by atoms with Crippen LogP contribution < -0.4 is 0 Å². The first kappa shape index (κ1) is 15.0. The van der Waals surface area contributed by atoms with Gasteiger partial charge in [0, 0.05) is 11.6 Å². The topological polar surface area (TPSA) is 83.6 Å².